The fraction of sp³-hybridized carbons (Fsp3) is 0.235. The summed E-state index contributed by atoms with van der Waals surface area (Å²) in [5, 5.41) is 3.45. The molecule has 2 rings (SSSR count). The molecule has 0 aliphatic carbocycles. The third-order valence-electron chi connectivity index (χ3n) is 3.32. The maximum absolute atomic E-state index is 12.4. The zero-order valence-corrected chi connectivity index (χ0v) is 14.7. The molecule has 0 bridgehead atoms. The third-order valence-corrected chi connectivity index (χ3v) is 4.17. The second kappa shape index (κ2) is 8.87. The Hall–Kier alpha value is -2.05. The molecule has 25 heavy (non-hydrogen) atoms. The van der Waals surface area contributed by atoms with Crippen LogP contribution in [0.15, 0.2) is 36.4 Å². The van der Waals surface area contributed by atoms with Crippen LogP contribution in [0.4, 0.5) is 14.5 Å². The molecular weight excluding hydrogens is 375 g/mol. The van der Waals surface area contributed by atoms with E-state index >= 15 is 0 Å². The maximum Gasteiger partial charge on any atom is 0.387 e. The molecule has 0 heterocycles. The molecule has 1 N–H and O–H groups in total. The monoisotopic (exact) mass is 389 g/mol. The Morgan fingerprint density at radius 2 is 1.96 bits per heavy atom. The molecule has 2 aromatic carbocycles. The first kappa shape index (κ1) is 19.3. The van der Waals surface area contributed by atoms with Gasteiger partial charge in [0, 0.05) is 18.2 Å². The van der Waals surface area contributed by atoms with Gasteiger partial charge in [0.15, 0.2) is 11.5 Å². The van der Waals surface area contributed by atoms with Crippen LogP contribution >= 0.6 is 23.2 Å². The summed E-state index contributed by atoms with van der Waals surface area (Å²) in [5.74, 6) is -0.318. The van der Waals surface area contributed by atoms with Gasteiger partial charge in [0.05, 0.1) is 17.2 Å². The van der Waals surface area contributed by atoms with Crippen molar-refractivity contribution >= 4 is 34.8 Å². The van der Waals surface area contributed by atoms with E-state index in [4.69, 9.17) is 27.9 Å². The van der Waals surface area contributed by atoms with E-state index in [1.165, 1.54) is 25.3 Å². The van der Waals surface area contributed by atoms with Crippen molar-refractivity contribution in [2.45, 2.75) is 19.5 Å². The molecule has 0 aliphatic heterocycles. The smallest absolute Gasteiger partial charge is 0.387 e. The van der Waals surface area contributed by atoms with E-state index < -0.39 is 6.61 Å². The summed E-state index contributed by atoms with van der Waals surface area (Å²) < 4.78 is 34.2. The minimum atomic E-state index is -3.00. The Morgan fingerprint density at radius 1 is 1.20 bits per heavy atom. The highest BCUT2D eigenvalue weighted by atomic mass is 35.5. The molecule has 2 aromatic rings. The molecule has 0 saturated heterocycles. The van der Waals surface area contributed by atoms with Crippen LogP contribution in [0.5, 0.6) is 11.5 Å². The zero-order valence-electron chi connectivity index (χ0n) is 13.2. The SMILES string of the molecule is COc1ccc(NC(=O)CCc2cccc(Cl)c2Cl)cc1OC(F)F. The highest BCUT2D eigenvalue weighted by Crippen LogP contribution is 2.31. The number of hydrogen-bond acceptors (Lipinski definition) is 3. The van der Waals surface area contributed by atoms with Gasteiger partial charge in [-0.1, -0.05) is 35.3 Å². The van der Waals surface area contributed by atoms with Crippen molar-refractivity contribution in [1.82, 2.24) is 0 Å². The Balaban J connectivity index is 2.01. The van der Waals surface area contributed by atoms with E-state index in [0.717, 1.165) is 5.56 Å². The fourth-order valence-corrected chi connectivity index (χ4v) is 2.57. The number of aryl methyl sites for hydroxylation is 1. The van der Waals surface area contributed by atoms with Gasteiger partial charge in [0.25, 0.3) is 0 Å². The molecule has 0 fully saturated rings. The lowest BCUT2D eigenvalue weighted by Crippen LogP contribution is -2.13. The van der Waals surface area contributed by atoms with Gasteiger partial charge in [-0.15, -0.1) is 0 Å². The number of carbonyl (C=O) groups is 1. The van der Waals surface area contributed by atoms with Crippen LogP contribution in [0.25, 0.3) is 0 Å². The van der Waals surface area contributed by atoms with Gasteiger partial charge >= 0.3 is 6.61 Å². The molecule has 8 heteroatoms. The van der Waals surface area contributed by atoms with Crippen LogP contribution in [-0.4, -0.2) is 19.6 Å². The number of alkyl halides is 2. The van der Waals surface area contributed by atoms with Gasteiger partial charge in [0.1, 0.15) is 0 Å². The number of methoxy groups -OCH3 is 1. The largest absolute Gasteiger partial charge is 0.493 e. The van der Waals surface area contributed by atoms with Gasteiger partial charge in [-0.2, -0.15) is 8.78 Å². The summed E-state index contributed by atoms with van der Waals surface area (Å²) in [6.07, 6.45) is 0.541. The minimum Gasteiger partial charge on any atom is -0.493 e. The molecule has 0 aromatic heterocycles. The average molecular weight is 390 g/mol. The van der Waals surface area contributed by atoms with Gasteiger partial charge in [0.2, 0.25) is 5.91 Å². The molecule has 0 atom stereocenters. The van der Waals surface area contributed by atoms with Crippen molar-refractivity contribution < 1.29 is 23.0 Å². The summed E-state index contributed by atoms with van der Waals surface area (Å²) in [7, 11) is 1.33. The molecule has 1 amide bonds. The fourth-order valence-electron chi connectivity index (χ4n) is 2.16. The van der Waals surface area contributed by atoms with Crippen molar-refractivity contribution in [3.05, 3.63) is 52.0 Å². The second-order valence-corrected chi connectivity index (χ2v) is 5.79. The molecule has 0 aliphatic rings. The number of ether oxygens (including phenoxy) is 2. The summed E-state index contributed by atoms with van der Waals surface area (Å²) in [4.78, 5) is 12.1. The molecule has 134 valence electrons. The third kappa shape index (κ3) is 5.47. The van der Waals surface area contributed by atoms with E-state index in [2.05, 4.69) is 10.1 Å². The highest BCUT2D eigenvalue weighted by Gasteiger charge is 2.13. The van der Waals surface area contributed by atoms with Crippen LogP contribution in [0, 0.1) is 0 Å². The van der Waals surface area contributed by atoms with Gasteiger partial charge in [-0.3, -0.25) is 4.79 Å². The van der Waals surface area contributed by atoms with E-state index in [-0.39, 0.29) is 23.8 Å². The molecule has 0 spiro atoms. The lowest BCUT2D eigenvalue weighted by Gasteiger charge is -2.12. The topological polar surface area (TPSA) is 47.6 Å². The lowest BCUT2D eigenvalue weighted by atomic mass is 10.1. The van der Waals surface area contributed by atoms with E-state index in [0.29, 0.717) is 22.2 Å². The van der Waals surface area contributed by atoms with E-state index in [1.54, 1.807) is 18.2 Å². The molecular formula is C17H15Cl2F2NO3. The Kier molecular flexibility index (Phi) is 6.84. The summed E-state index contributed by atoms with van der Waals surface area (Å²) in [5.41, 5.74) is 1.07. The normalized spacial score (nSPS) is 10.6. The van der Waals surface area contributed by atoms with Gasteiger partial charge < -0.3 is 14.8 Å². The Labute approximate surface area is 153 Å². The van der Waals surface area contributed by atoms with Crippen LogP contribution in [0.1, 0.15) is 12.0 Å². The number of hydrogen-bond donors (Lipinski definition) is 1. The van der Waals surface area contributed by atoms with Crippen molar-refractivity contribution in [3.63, 3.8) is 0 Å². The van der Waals surface area contributed by atoms with Crippen molar-refractivity contribution in [3.8, 4) is 11.5 Å². The molecule has 0 unspecified atom stereocenters. The quantitative estimate of drug-likeness (QED) is 0.709. The first-order valence-electron chi connectivity index (χ1n) is 7.26. The van der Waals surface area contributed by atoms with Crippen molar-refractivity contribution in [2.75, 3.05) is 12.4 Å². The first-order valence-corrected chi connectivity index (χ1v) is 8.02. The lowest BCUT2D eigenvalue weighted by molar-refractivity contribution is -0.116. The number of rotatable bonds is 7. The van der Waals surface area contributed by atoms with Crippen molar-refractivity contribution in [1.29, 1.82) is 0 Å². The van der Waals surface area contributed by atoms with E-state index in [9.17, 15) is 13.6 Å². The van der Waals surface area contributed by atoms with Gasteiger partial charge in [-0.05, 0) is 30.2 Å². The van der Waals surface area contributed by atoms with Crippen LogP contribution < -0.4 is 14.8 Å². The summed E-state index contributed by atoms with van der Waals surface area (Å²) in [6.45, 7) is -3.00. The second-order valence-electron chi connectivity index (χ2n) is 5.01. The predicted molar refractivity (Wildman–Crippen MR) is 93.0 cm³/mol. The zero-order chi connectivity index (χ0) is 18.4. The van der Waals surface area contributed by atoms with Crippen molar-refractivity contribution in [2.24, 2.45) is 0 Å². The predicted octanol–water partition coefficient (Wildman–Crippen LogP) is 5.17. The maximum atomic E-state index is 12.4. The first-order chi connectivity index (χ1) is 11.9. The highest BCUT2D eigenvalue weighted by molar-refractivity contribution is 6.42. The number of amides is 1. The summed E-state index contributed by atoms with van der Waals surface area (Å²) in [6, 6.07) is 9.43. The molecule has 0 radical (unpaired) electrons. The Morgan fingerprint density at radius 3 is 2.64 bits per heavy atom. The van der Waals surface area contributed by atoms with E-state index in [1.807, 2.05) is 0 Å². The minimum absolute atomic E-state index is 0.143. The number of nitrogens with one attached hydrogen (secondary N) is 1. The van der Waals surface area contributed by atoms with Crippen LogP contribution in [0.2, 0.25) is 10.0 Å². The molecule has 0 saturated carbocycles. The van der Waals surface area contributed by atoms with Crippen LogP contribution in [-0.2, 0) is 11.2 Å². The number of carbonyl (C=O) groups excluding carboxylic acids is 1. The van der Waals surface area contributed by atoms with Gasteiger partial charge in [-0.25, -0.2) is 0 Å². The number of halogens is 4. The van der Waals surface area contributed by atoms with Crippen LogP contribution in [0.3, 0.4) is 0 Å². The average Bonchev–Trinajstić information content (AvgIpc) is 2.56. The Bertz CT molecular complexity index is 757. The summed E-state index contributed by atoms with van der Waals surface area (Å²) >= 11 is 12.0. The number of benzene rings is 2. The number of anilines is 1. The standard InChI is InChI=1S/C17H15Cl2F2NO3/c1-24-13-7-6-11(9-14(13)25-17(20)21)22-15(23)8-5-10-3-2-4-12(18)16(10)19/h2-4,6-7,9,17H,5,8H2,1H3,(H,22,23). The molecule has 4 nitrogen and oxygen atoms in total.